The molecule has 0 aliphatic carbocycles. The fraction of sp³-hybridized carbons (Fsp3) is 0.364. The van der Waals surface area contributed by atoms with Crippen molar-refractivity contribution in [2.45, 2.75) is 25.9 Å². The van der Waals surface area contributed by atoms with Crippen molar-refractivity contribution in [1.82, 2.24) is 19.7 Å². The Morgan fingerprint density at radius 2 is 2.25 bits per heavy atom. The first kappa shape index (κ1) is 10.8. The summed E-state index contributed by atoms with van der Waals surface area (Å²) < 4.78 is 2.09. The molecule has 0 radical (unpaired) electrons. The first-order chi connectivity index (χ1) is 7.81. The van der Waals surface area contributed by atoms with E-state index in [9.17, 15) is 0 Å². The predicted molar refractivity (Wildman–Crippen MR) is 60.6 cm³/mol. The van der Waals surface area contributed by atoms with Gasteiger partial charge in [0.05, 0.1) is 6.20 Å². The van der Waals surface area contributed by atoms with Crippen LogP contribution in [0, 0.1) is 0 Å². The van der Waals surface area contributed by atoms with Crippen LogP contribution in [0.4, 0.5) is 0 Å². The zero-order valence-electron chi connectivity index (χ0n) is 9.24. The number of nitrogens with two attached hydrogens (primary N) is 1. The normalized spacial score (nSPS) is 12.6. The number of nitrogens with zero attached hydrogens (tertiary/aromatic N) is 4. The van der Waals surface area contributed by atoms with Crippen LogP contribution < -0.4 is 5.73 Å². The molecule has 2 N–H and O–H groups in total. The molecular formula is C11H15N5. The Labute approximate surface area is 94.3 Å². The predicted octanol–water partition coefficient (Wildman–Crippen LogP) is 0.935. The van der Waals surface area contributed by atoms with Gasteiger partial charge in [0, 0.05) is 37.6 Å². The second-order valence-corrected chi connectivity index (χ2v) is 3.62. The SMILES string of the molecule is CCn1ccnc1CC(N)c1ccnnc1. The first-order valence-corrected chi connectivity index (χ1v) is 5.33. The summed E-state index contributed by atoms with van der Waals surface area (Å²) in [7, 11) is 0. The zero-order chi connectivity index (χ0) is 11.4. The van der Waals surface area contributed by atoms with E-state index in [0.29, 0.717) is 6.42 Å². The van der Waals surface area contributed by atoms with Gasteiger partial charge in [-0.25, -0.2) is 4.98 Å². The molecule has 16 heavy (non-hydrogen) atoms. The summed E-state index contributed by atoms with van der Waals surface area (Å²) in [6.07, 6.45) is 7.83. The molecule has 2 rings (SSSR count). The second-order valence-electron chi connectivity index (χ2n) is 3.62. The standard InChI is InChI=1S/C11H15N5/c1-2-16-6-5-13-11(16)7-10(12)9-3-4-14-15-8-9/h3-6,8,10H,2,7,12H2,1H3. The van der Waals surface area contributed by atoms with E-state index in [1.54, 1.807) is 18.6 Å². The van der Waals surface area contributed by atoms with Gasteiger partial charge in [0.1, 0.15) is 5.82 Å². The van der Waals surface area contributed by atoms with Crippen LogP contribution in [0.3, 0.4) is 0 Å². The number of aromatic nitrogens is 4. The van der Waals surface area contributed by atoms with Crippen LogP contribution in [0.5, 0.6) is 0 Å². The van der Waals surface area contributed by atoms with Crippen molar-refractivity contribution in [3.05, 3.63) is 42.2 Å². The van der Waals surface area contributed by atoms with Crippen LogP contribution in [-0.2, 0) is 13.0 Å². The summed E-state index contributed by atoms with van der Waals surface area (Å²) in [6, 6.07) is 1.81. The van der Waals surface area contributed by atoms with Crippen LogP contribution in [0.25, 0.3) is 0 Å². The van der Waals surface area contributed by atoms with Crippen molar-refractivity contribution in [3.8, 4) is 0 Å². The summed E-state index contributed by atoms with van der Waals surface area (Å²) in [4.78, 5) is 4.30. The van der Waals surface area contributed by atoms with Gasteiger partial charge >= 0.3 is 0 Å². The summed E-state index contributed by atoms with van der Waals surface area (Å²) in [5.41, 5.74) is 7.08. The number of aryl methyl sites for hydroxylation is 1. The van der Waals surface area contributed by atoms with Gasteiger partial charge in [-0.2, -0.15) is 10.2 Å². The van der Waals surface area contributed by atoms with Crippen molar-refractivity contribution < 1.29 is 0 Å². The topological polar surface area (TPSA) is 69.6 Å². The summed E-state index contributed by atoms with van der Waals surface area (Å²) >= 11 is 0. The van der Waals surface area contributed by atoms with Crippen LogP contribution in [0.15, 0.2) is 30.9 Å². The number of imidazole rings is 1. The maximum Gasteiger partial charge on any atom is 0.110 e. The fourth-order valence-corrected chi connectivity index (χ4v) is 1.65. The van der Waals surface area contributed by atoms with E-state index in [0.717, 1.165) is 17.9 Å². The highest BCUT2D eigenvalue weighted by Crippen LogP contribution is 2.13. The average Bonchev–Trinajstić information content (AvgIpc) is 2.77. The van der Waals surface area contributed by atoms with Gasteiger partial charge < -0.3 is 10.3 Å². The first-order valence-electron chi connectivity index (χ1n) is 5.33. The van der Waals surface area contributed by atoms with Gasteiger partial charge in [-0.1, -0.05) is 0 Å². The van der Waals surface area contributed by atoms with Crippen molar-refractivity contribution in [1.29, 1.82) is 0 Å². The molecule has 84 valence electrons. The Balaban J connectivity index is 2.11. The molecule has 0 bridgehead atoms. The Morgan fingerprint density at radius 1 is 1.38 bits per heavy atom. The highest BCUT2D eigenvalue weighted by molar-refractivity contribution is 5.13. The molecule has 0 aromatic carbocycles. The lowest BCUT2D eigenvalue weighted by Crippen LogP contribution is -2.16. The minimum Gasteiger partial charge on any atom is -0.335 e. The minimum absolute atomic E-state index is 0.0804. The second kappa shape index (κ2) is 4.85. The van der Waals surface area contributed by atoms with Gasteiger partial charge in [-0.15, -0.1) is 0 Å². The molecule has 0 saturated carbocycles. The van der Waals surface area contributed by atoms with Gasteiger partial charge in [0.25, 0.3) is 0 Å². The van der Waals surface area contributed by atoms with Crippen molar-refractivity contribution in [2.24, 2.45) is 5.73 Å². The summed E-state index contributed by atoms with van der Waals surface area (Å²) in [6.45, 7) is 3.00. The third-order valence-electron chi connectivity index (χ3n) is 2.58. The number of rotatable bonds is 4. The zero-order valence-corrected chi connectivity index (χ0v) is 9.24. The van der Waals surface area contributed by atoms with Crippen molar-refractivity contribution >= 4 is 0 Å². The third kappa shape index (κ3) is 2.25. The number of hydrogen-bond acceptors (Lipinski definition) is 4. The van der Waals surface area contributed by atoms with Crippen molar-refractivity contribution in [2.75, 3.05) is 0 Å². The Morgan fingerprint density at radius 3 is 2.94 bits per heavy atom. The monoisotopic (exact) mass is 217 g/mol. The largest absolute Gasteiger partial charge is 0.335 e. The van der Waals surface area contributed by atoms with Gasteiger partial charge in [-0.3, -0.25) is 0 Å². The summed E-state index contributed by atoms with van der Waals surface area (Å²) in [5, 5.41) is 7.55. The molecule has 0 fully saturated rings. The minimum atomic E-state index is -0.0804. The Hall–Kier alpha value is -1.75. The lowest BCUT2D eigenvalue weighted by atomic mass is 10.1. The van der Waals surface area contributed by atoms with Crippen LogP contribution >= 0.6 is 0 Å². The van der Waals surface area contributed by atoms with Crippen LogP contribution in [0.2, 0.25) is 0 Å². The Bertz CT molecular complexity index is 437. The molecule has 0 aliphatic rings. The smallest absolute Gasteiger partial charge is 0.110 e. The van der Waals surface area contributed by atoms with E-state index < -0.39 is 0 Å². The van der Waals surface area contributed by atoms with E-state index in [1.807, 2.05) is 12.3 Å². The van der Waals surface area contributed by atoms with Gasteiger partial charge in [0.15, 0.2) is 0 Å². The molecular weight excluding hydrogens is 202 g/mol. The van der Waals surface area contributed by atoms with E-state index in [-0.39, 0.29) is 6.04 Å². The van der Waals surface area contributed by atoms with Crippen molar-refractivity contribution in [3.63, 3.8) is 0 Å². The number of hydrogen-bond donors (Lipinski definition) is 1. The van der Waals surface area contributed by atoms with Gasteiger partial charge in [0.2, 0.25) is 0 Å². The molecule has 2 aromatic rings. The molecule has 0 spiro atoms. The maximum atomic E-state index is 6.09. The van der Waals surface area contributed by atoms with E-state index in [1.165, 1.54) is 0 Å². The fourth-order valence-electron chi connectivity index (χ4n) is 1.65. The molecule has 5 nitrogen and oxygen atoms in total. The molecule has 0 aliphatic heterocycles. The van der Waals surface area contributed by atoms with E-state index in [4.69, 9.17) is 5.73 Å². The molecule has 1 atom stereocenters. The molecule has 2 aromatic heterocycles. The lowest BCUT2D eigenvalue weighted by molar-refractivity contribution is 0.625. The highest BCUT2D eigenvalue weighted by Gasteiger charge is 2.10. The molecule has 2 heterocycles. The van der Waals surface area contributed by atoms with Crippen LogP contribution in [0.1, 0.15) is 24.4 Å². The van der Waals surface area contributed by atoms with Crippen LogP contribution in [-0.4, -0.2) is 19.7 Å². The highest BCUT2D eigenvalue weighted by atomic mass is 15.1. The molecule has 0 saturated heterocycles. The van der Waals surface area contributed by atoms with E-state index in [2.05, 4.69) is 26.7 Å². The maximum absolute atomic E-state index is 6.09. The molecule has 0 amide bonds. The average molecular weight is 217 g/mol. The summed E-state index contributed by atoms with van der Waals surface area (Å²) in [5.74, 6) is 1.01. The van der Waals surface area contributed by atoms with E-state index >= 15 is 0 Å². The van der Waals surface area contributed by atoms with Gasteiger partial charge in [-0.05, 0) is 18.6 Å². The lowest BCUT2D eigenvalue weighted by Gasteiger charge is -2.11. The third-order valence-corrected chi connectivity index (χ3v) is 2.58. The Kier molecular flexibility index (Phi) is 3.26. The molecule has 5 heteroatoms. The molecule has 1 unspecified atom stereocenters. The quantitative estimate of drug-likeness (QED) is 0.827.